The minimum absolute atomic E-state index is 0.117. The van der Waals surface area contributed by atoms with Crippen LogP contribution in [0.4, 0.5) is 0 Å². The number of benzene rings is 1. The van der Waals surface area contributed by atoms with Gasteiger partial charge in [-0.15, -0.1) is 0 Å². The molecule has 0 fully saturated rings. The summed E-state index contributed by atoms with van der Waals surface area (Å²) in [6.45, 7) is 3.89. The molecule has 2 aromatic heterocycles. The number of carbonyl (C=O) groups excluding carboxylic acids is 1. The monoisotopic (exact) mass is 398 g/mol. The summed E-state index contributed by atoms with van der Waals surface area (Å²) in [5.74, 6) is -0.172. The molecule has 3 aromatic rings. The van der Waals surface area contributed by atoms with E-state index in [4.69, 9.17) is 0 Å². The second kappa shape index (κ2) is 7.19. The van der Waals surface area contributed by atoms with E-state index in [0.29, 0.717) is 5.69 Å². The van der Waals surface area contributed by atoms with Crippen molar-refractivity contribution in [2.45, 2.75) is 19.9 Å². The van der Waals surface area contributed by atoms with Gasteiger partial charge in [-0.25, -0.2) is 0 Å². The number of aryl methyl sites for hydroxylation is 2. The highest BCUT2D eigenvalue weighted by molar-refractivity contribution is 9.10. The van der Waals surface area contributed by atoms with Crippen molar-refractivity contribution in [3.05, 3.63) is 70.1 Å². The van der Waals surface area contributed by atoms with E-state index in [9.17, 15) is 4.79 Å². The number of nitrogens with one attached hydrogen (secondary N) is 1. The Hall–Kier alpha value is -2.47. The zero-order valence-corrected chi connectivity index (χ0v) is 15.9. The molecule has 1 N–H and O–H groups in total. The molecule has 1 atom stereocenters. The summed E-state index contributed by atoms with van der Waals surface area (Å²) in [6.07, 6.45) is 1.68. The van der Waals surface area contributed by atoms with Crippen molar-refractivity contribution in [1.29, 1.82) is 0 Å². The van der Waals surface area contributed by atoms with Crippen LogP contribution in [0.2, 0.25) is 0 Å². The van der Waals surface area contributed by atoms with Gasteiger partial charge in [0, 0.05) is 17.2 Å². The second-order valence-electron chi connectivity index (χ2n) is 5.94. The van der Waals surface area contributed by atoms with Gasteiger partial charge in [-0.3, -0.25) is 14.5 Å². The van der Waals surface area contributed by atoms with Crippen molar-refractivity contribution in [3.63, 3.8) is 0 Å². The second-order valence-corrected chi connectivity index (χ2v) is 6.86. The summed E-state index contributed by atoms with van der Waals surface area (Å²) in [5.41, 5.74) is 3.91. The van der Waals surface area contributed by atoms with Crippen LogP contribution in [0, 0.1) is 6.92 Å². The number of hydrogen-bond donors (Lipinski definition) is 1. The average molecular weight is 399 g/mol. The molecule has 0 bridgehead atoms. The number of hydrogen-bond acceptors (Lipinski definition) is 3. The van der Waals surface area contributed by atoms with E-state index in [1.807, 2.05) is 56.3 Å². The molecule has 0 aliphatic carbocycles. The molecule has 0 aliphatic heterocycles. The highest BCUT2D eigenvalue weighted by Gasteiger charge is 2.21. The van der Waals surface area contributed by atoms with Crippen LogP contribution < -0.4 is 5.32 Å². The minimum atomic E-state index is -0.172. The lowest BCUT2D eigenvalue weighted by Gasteiger charge is -2.15. The molecule has 0 unspecified atom stereocenters. The lowest BCUT2D eigenvalue weighted by atomic mass is 10.1. The third-order valence-electron chi connectivity index (χ3n) is 4.04. The predicted molar refractivity (Wildman–Crippen MR) is 101 cm³/mol. The quantitative estimate of drug-likeness (QED) is 0.720. The molecule has 0 spiro atoms. The first-order valence-corrected chi connectivity index (χ1v) is 8.77. The summed E-state index contributed by atoms with van der Waals surface area (Å²) in [7, 11) is 1.76. The molecule has 3 rings (SSSR count). The van der Waals surface area contributed by atoms with Gasteiger partial charge >= 0.3 is 0 Å². The Morgan fingerprint density at radius 1 is 1.20 bits per heavy atom. The van der Waals surface area contributed by atoms with Crippen molar-refractivity contribution >= 4 is 21.8 Å². The minimum Gasteiger partial charge on any atom is -0.344 e. The van der Waals surface area contributed by atoms with Gasteiger partial charge in [-0.05, 0) is 43.7 Å². The zero-order valence-electron chi connectivity index (χ0n) is 14.3. The molecular weight excluding hydrogens is 380 g/mol. The molecule has 1 aromatic carbocycles. The third kappa shape index (κ3) is 3.79. The first-order valence-electron chi connectivity index (χ1n) is 7.98. The molecule has 2 heterocycles. The van der Waals surface area contributed by atoms with Crippen LogP contribution in [0.25, 0.3) is 11.3 Å². The predicted octanol–water partition coefficient (Wildman–Crippen LogP) is 4.04. The topological polar surface area (TPSA) is 59.8 Å². The summed E-state index contributed by atoms with van der Waals surface area (Å²) in [6, 6.07) is 13.5. The smallest absolute Gasteiger partial charge is 0.270 e. The molecule has 5 nitrogen and oxygen atoms in total. The van der Waals surface area contributed by atoms with E-state index in [-0.39, 0.29) is 11.9 Å². The van der Waals surface area contributed by atoms with Crippen molar-refractivity contribution in [1.82, 2.24) is 20.1 Å². The normalized spacial score (nSPS) is 12.0. The average Bonchev–Trinajstić information content (AvgIpc) is 2.97. The van der Waals surface area contributed by atoms with Crippen LogP contribution in [0.1, 0.15) is 34.7 Å². The maximum Gasteiger partial charge on any atom is 0.270 e. The van der Waals surface area contributed by atoms with Crippen LogP contribution in [0.3, 0.4) is 0 Å². The number of nitrogens with zero attached hydrogens (tertiary/aromatic N) is 3. The number of aromatic nitrogens is 3. The molecule has 25 heavy (non-hydrogen) atoms. The molecular formula is C19H19BrN4O. The summed E-state index contributed by atoms with van der Waals surface area (Å²) in [5, 5.41) is 7.29. The number of rotatable bonds is 4. The molecule has 0 radical (unpaired) electrons. The molecule has 0 saturated carbocycles. The first kappa shape index (κ1) is 17.4. The lowest BCUT2D eigenvalue weighted by Crippen LogP contribution is -2.29. The molecule has 1 amide bonds. The Kier molecular flexibility index (Phi) is 4.99. The van der Waals surface area contributed by atoms with Crippen LogP contribution in [0.5, 0.6) is 0 Å². The van der Waals surface area contributed by atoms with Crippen LogP contribution in [-0.2, 0) is 7.05 Å². The van der Waals surface area contributed by atoms with Gasteiger partial charge in [-0.2, -0.15) is 5.10 Å². The largest absolute Gasteiger partial charge is 0.344 e. The summed E-state index contributed by atoms with van der Waals surface area (Å²) >= 11 is 3.42. The van der Waals surface area contributed by atoms with Crippen molar-refractivity contribution in [2.24, 2.45) is 7.05 Å². The van der Waals surface area contributed by atoms with Crippen LogP contribution in [-0.4, -0.2) is 20.7 Å². The van der Waals surface area contributed by atoms with E-state index >= 15 is 0 Å². The molecule has 128 valence electrons. The van der Waals surface area contributed by atoms with Crippen LogP contribution >= 0.6 is 15.9 Å². The van der Waals surface area contributed by atoms with Crippen molar-refractivity contribution in [2.75, 3.05) is 0 Å². The number of pyridine rings is 1. The number of halogens is 1. The fourth-order valence-corrected chi connectivity index (χ4v) is 2.95. The number of carbonyl (C=O) groups is 1. The zero-order chi connectivity index (χ0) is 18.0. The van der Waals surface area contributed by atoms with Gasteiger partial charge in [0.2, 0.25) is 0 Å². The third-order valence-corrected chi connectivity index (χ3v) is 4.56. The van der Waals surface area contributed by atoms with Crippen molar-refractivity contribution in [3.8, 4) is 11.3 Å². The Balaban J connectivity index is 1.87. The van der Waals surface area contributed by atoms with Crippen LogP contribution in [0.15, 0.2) is 53.1 Å². The lowest BCUT2D eigenvalue weighted by molar-refractivity contribution is 0.0931. The summed E-state index contributed by atoms with van der Waals surface area (Å²) in [4.78, 5) is 17.4. The van der Waals surface area contributed by atoms with Gasteiger partial charge in [0.05, 0.1) is 23.5 Å². The Morgan fingerprint density at radius 3 is 2.60 bits per heavy atom. The highest BCUT2D eigenvalue weighted by atomic mass is 79.9. The first-order chi connectivity index (χ1) is 12.0. The van der Waals surface area contributed by atoms with Gasteiger partial charge in [0.1, 0.15) is 5.69 Å². The standard InChI is InChI=1S/C19H19BrN4O/c1-12-5-4-6-17(22-12)16-11-21-24(3)18(16)19(25)23-13(2)14-7-9-15(20)10-8-14/h4-11,13H,1-3H3,(H,23,25)/t13-/m1/s1. The number of amides is 1. The Morgan fingerprint density at radius 2 is 1.92 bits per heavy atom. The van der Waals surface area contributed by atoms with Gasteiger partial charge in [0.25, 0.3) is 5.91 Å². The van der Waals surface area contributed by atoms with E-state index < -0.39 is 0 Å². The van der Waals surface area contributed by atoms with E-state index in [1.165, 1.54) is 0 Å². The van der Waals surface area contributed by atoms with Crippen molar-refractivity contribution < 1.29 is 4.79 Å². The Labute approximate surface area is 155 Å². The van der Waals surface area contributed by atoms with E-state index in [0.717, 1.165) is 27.0 Å². The molecule has 0 saturated heterocycles. The molecule has 0 aliphatic rings. The van der Waals surface area contributed by atoms with E-state index in [1.54, 1.807) is 17.9 Å². The molecule has 6 heteroatoms. The van der Waals surface area contributed by atoms with Gasteiger partial charge in [0.15, 0.2) is 0 Å². The Bertz CT molecular complexity index is 902. The maximum absolute atomic E-state index is 12.8. The summed E-state index contributed by atoms with van der Waals surface area (Å²) < 4.78 is 2.59. The SMILES string of the molecule is Cc1cccc(-c2cnn(C)c2C(=O)N[C@H](C)c2ccc(Br)cc2)n1. The maximum atomic E-state index is 12.8. The highest BCUT2D eigenvalue weighted by Crippen LogP contribution is 2.23. The fourth-order valence-electron chi connectivity index (χ4n) is 2.69. The van der Waals surface area contributed by atoms with E-state index in [2.05, 4.69) is 31.3 Å². The fraction of sp³-hybridized carbons (Fsp3) is 0.211. The van der Waals surface area contributed by atoms with Gasteiger partial charge in [-0.1, -0.05) is 34.1 Å². The van der Waals surface area contributed by atoms with Gasteiger partial charge < -0.3 is 5.32 Å².